The first-order valence-electron chi connectivity index (χ1n) is 10.1. The van der Waals surface area contributed by atoms with Crippen molar-refractivity contribution >= 4 is 27.9 Å². The molecule has 0 radical (unpaired) electrons. The zero-order valence-electron chi connectivity index (χ0n) is 17.5. The third kappa shape index (κ3) is 3.40. The summed E-state index contributed by atoms with van der Waals surface area (Å²) in [6.07, 6.45) is 0.964. The first-order valence-corrected chi connectivity index (χ1v) is 10.1. The van der Waals surface area contributed by atoms with Gasteiger partial charge in [-0.15, -0.1) is 0 Å². The fourth-order valence-corrected chi connectivity index (χ4v) is 4.03. The van der Waals surface area contributed by atoms with Crippen molar-refractivity contribution in [1.82, 2.24) is 0 Å². The van der Waals surface area contributed by atoms with Gasteiger partial charge in [0.25, 0.3) is 0 Å². The van der Waals surface area contributed by atoms with Gasteiger partial charge in [-0.2, -0.15) is 0 Å². The standard InChI is InChI=1S/C26H18O7/c1-31-16-9-7-14(8-10-16)18-13-32-26-22-17(11-21(28)29)25(15-5-3-2-4-6-15)33-20(22)12-19(27)23(26)24(18)30/h2-10,12-13,27H,11H2,1H3,(H,28,29). The Bertz CT molecular complexity index is 1560. The second-order valence-corrected chi connectivity index (χ2v) is 7.53. The lowest BCUT2D eigenvalue weighted by molar-refractivity contribution is -0.136. The predicted octanol–water partition coefficient (Wildman–Crippen LogP) is 5.21. The van der Waals surface area contributed by atoms with Crippen LogP contribution in [0.15, 0.2) is 80.6 Å². The Labute approximate surface area is 187 Å². The Hall–Kier alpha value is -4.52. The maximum absolute atomic E-state index is 13.4. The van der Waals surface area contributed by atoms with Crippen LogP contribution >= 0.6 is 0 Å². The molecule has 0 amide bonds. The molecular formula is C26H18O7. The first kappa shape index (κ1) is 20.4. The highest BCUT2D eigenvalue weighted by atomic mass is 16.5. The fourth-order valence-electron chi connectivity index (χ4n) is 4.03. The van der Waals surface area contributed by atoms with Crippen LogP contribution in [0.1, 0.15) is 5.56 Å². The number of hydrogen-bond acceptors (Lipinski definition) is 6. The van der Waals surface area contributed by atoms with Crippen molar-refractivity contribution in [3.63, 3.8) is 0 Å². The van der Waals surface area contributed by atoms with E-state index in [1.54, 1.807) is 43.5 Å². The number of methoxy groups -OCH3 is 1. The van der Waals surface area contributed by atoms with Crippen LogP contribution in [0.3, 0.4) is 0 Å². The largest absolute Gasteiger partial charge is 0.507 e. The molecular weight excluding hydrogens is 424 g/mol. The molecule has 7 nitrogen and oxygen atoms in total. The molecule has 0 spiro atoms. The number of rotatable bonds is 5. The van der Waals surface area contributed by atoms with Crippen LogP contribution in [0.25, 0.3) is 44.4 Å². The number of phenolic OH excluding ortho intramolecular Hbond substituents is 1. The lowest BCUT2D eigenvalue weighted by Gasteiger charge is -2.07. The maximum Gasteiger partial charge on any atom is 0.307 e. The maximum atomic E-state index is 13.4. The minimum absolute atomic E-state index is 0.0390. The zero-order chi connectivity index (χ0) is 23.1. The van der Waals surface area contributed by atoms with Crippen molar-refractivity contribution in [3.8, 4) is 33.9 Å². The van der Waals surface area contributed by atoms with Crippen LogP contribution in [0.2, 0.25) is 0 Å². The summed E-state index contributed by atoms with van der Waals surface area (Å²) in [6.45, 7) is 0. The van der Waals surface area contributed by atoms with E-state index in [0.29, 0.717) is 33.6 Å². The lowest BCUT2D eigenvalue weighted by Crippen LogP contribution is -2.06. The summed E-state index contributed by atoms with van der Waals surface area (Å²) < 4.78 is 17.0. The van der Waals surface area contributed by atoms with Crippen LogP contribution in [-0.4, -0.2) is 23.3 Å². The Morgan fingerprint density at radius 1 is 1.00 bits per heavy atom. The van der Waals surface area contributed by atoms with Gasteiger partial charge in [0.05, 0.1) is 24.5 Å². The highest BCUT2D eigenvalue weighted by Gasteiger charge is 2.25. The van der Waals surface area contributed by atoms with Gasteiger partial charge in [0.2, 0.25) is 5.43 Å². The Morgan fingerprint density at radius 3 is 2.39 bits per heavy atom. The summed E-state index contributed by atoms with van der Waals surface area (Å²) in [6, 6.07) is 17.2. The Morgan fingerprint density at radius 2 is 1.73 bits per heavy atom. The van der Waals surface area contributed by atoms with Crippen molar-refractivity contribution in [1.29, 1.82) is 0 Å². The molecule has 0 bridgehead atoms. The molecule has 2 N–H and O–H groups in total. The van der Waals surface area contributed by atoms with Gasteiger partial charge in [-0.05, 0) is 17.7 Å². The quantitative estimate of drug-likeness (QED) is 0.384. The number of ether oxygens (including phenoxy) is 1. The first-order chi connectivity index (χ1) is 16.0. The molecule has 0 aliphatic carbocycles. The minimum Gasteiger partial charge on any atom is -0.507 e. The van der Waals surface area contributed by atoms with Gasteiger partial charge in [0.15, 0.2) is 5.58 Å². The van der Waals surface area contributed by atoms with Crippen LogP contribution < -0.4 is 10.2 Å². The minimum atomic E-state index is -1.06. The van der Waals surface area contributed by atoms with Crippen molar-refractivity contribution in [2.75, 3.05) is 7.11 Å². The van der Waals surface area contributed by atoms with Gasteiger partial charge in [0.1, 0.15) is 34.5 Å². The fraction of sp³-hybridized carbons (Fsp3) is 0.0769. The molecule has 33 heavy (non-hydrogen) atoms. The molecule has 2 aromatic heterocycles. The van der Waals surface area contributed by atoms with Gasteiger partial charge < -0.3 is 23.8 Å². The van der Waals surface area contributed by atoms with Crippen LogP contribution in [0.5, 0.6) is 11.5 Å². The average Bonchev–Trinajstić information content (AvgIpc) is 3.17. The molecule has 3 aromatic carbocycles. The van der Waals surface area contributed by atoms with Gasteiger partial charge >= 0.3 is 5.97 Å². The molecule has 5 rings (SSSR count). The second kappa shape index (κ2) is 7.87. The molecule has 0 aliphatic heterocycles. The molecule has 0 atom stereocenters. The van der Waals surface area contributed by atoms with Gasteiger partial charge in [-0.3, -0.25) is 9.59 Å². The molecule has 5 aromatic rings. The van der Waals surface area contributed by atoms with Crippen molar-refractivity contribution < 1.29 is 28.6 Å². The molecule has 0 aliphatic rings. The molecule has 164 valence electrons. The van der Waals surface area contributed by atoms with E-state index in [1.165, 1.54) is 12.3 Å². The number of aromatic hydroxyl groups is 1. The number of benzene rings is 3. The number of carboxylic acids is 1. The third-order valence-corrected chi connectivity index (χ3v) is 5.54. The summed E-state index contributed by atoms with van der Waals surface area (Å²) in [5.74, 6) is -0.384. The van der Waals surface area contributed by atoms with E-state index in [2.05, 4.69) is 0 Å². The van der Waals surface area contributed by atoms with E-state index in [-0.39, 0.29) is 34.3 Å². The smallest absolute Gasteiger partial charge is 0.307 e. The van der Waals surface area contributed by atoms with E-state index in [9.17, 15) is 19.8 Å². The highest BCUT2D eigenvalue weighted by molar-refractivity contribution is 6.10. The normalized spacial score (nSPS) is 11.2. The topological polar surface area (TPSA) is 110 Å². The number of fused-ring (bicyclic) bond motifs is 3. The van der Waals surface area contributed by atoms with E-state index >= 15 is 0 Å². The Kier molecular flexibility index (Phi) is 4.86. The summed E-state index contributed by atoms with van der Waals surface area (Å²) in [5, 5.41) is 20.5. The number of aliphatic carboxylic acids is 1. The Balaban J connectivity index is 1.81. The number of carbonyl (C=O) groups is 1. The van der Waals surface area contributed by atoms with Crippen molar-refractivity contribution in [2.45, 2.75) is 6.42 Å². The highest BCUT2D eigenvalue weighted by Crippen LogP contribution is 2.41. The van der Waals surface area contributed by atoms with E-state index in [4.69, 9.17) is 13.6 Å². The van der Waals surface area contributed by atoms with Crippen LogP contribution in [0, 0.1) is 0 Å². The number of hydrogen-bond donors (Lipinski definition) is 2. The molecule has 0 saturated carbocycles. The van der Waals surface area contributed by atoms with Crippen LogP contribution in [0.4, 0.5) is 0 Å². The number of furan rings is 1. The molecule has 0 fully saturated rings. The molecule has 7 heteroatoms. The molecule has 0 unspecified atom stereocenters. The van der Waals surface area contributed by atoms with Gasteiger partial charge in [-0.25, -0.2) is 0 Å². The SMILES string of the molecule is COc1ccc(-c2coc3c(c(O)cc4oc(-c5ccccc5)c(CC(=O)O)c43)c2=O)cc1. The number of carboxylic acid groups (broad SMARTS) is 1. The van der Waals surface area contributed by atoms with Crippen LogP contribution in [-0.2, 0) is 11.2 Å². The van der Waals surface area contributed by atoms with Crippen molar-refractivity contribution in [2.24, 2.45) is 0 Å². The average molecular weight is 442 g/mol. The monoisotopic (exact) mass is 442 g/mol. The van der Waals surface area contributed by atoms with E-state index in [1.807, 2.05) is 18.2 Å². The van der Waals surface area contributed by atoms with Gasteiger partial charge in [-0.1, -0.05) is 42.5 Å². The lowest BCUT2D eigenvalue weighted by atomic mass is 9.99. The summed E-state index contributed by atoms with van der Waals surface area (Å²) in [7, 11) is 1.55. The van der Waals surface area contributed by atoms with Gasteiger partial charge in [0, 0.05) is 17.2 Å². The molecule has 2 heterocycles. The zero-order valence-corrected chi connectivity index (χ0v) is 17.5. The summed E-state index contributed by atoms with van der Waals surface area (Å²) in [5.41, 5.74) is 1.76. The van der Waals surface area contributed by atoms with E-state index in [0.717, 1.165) is 0 Å². The third-order valence-electron chi connectivity index (χ3n) is 5.54. The molecule has 0 saturated heterocycles. The van der Waals surface area contributed by atoms with Crippen molar-refractivity contribution in [3.05, 3.63) is 82.7 Å². The predicted molar refractivity (Wildman–Crippen MR) is 123 cm³/mol. The number of phenols is 1. The van der Waals surface area contributed by atoms with E-state index < -0.39 is 11.4 Å². The summed E-state index contributed by atoms with van der Waals surface area (Å²) in [4.78, 5) is 25.0. The summed E-state index contributed by atoms with van der Waals surface area (Å²) >= 11 is 0. The second-order valence-electron chi connectivity index (χ2n) is 7.53.